The van der Waals surface area contributed by atoms with Gasteiger partial charge in [-0.15, -0.1) is 0 Å². The van der Waals surface area contributed by atoms with Crippen molar-refractivity contribution < 1.29 is 13.2 Å². The van der Waals surface area contributed by atoms with Gasteiger partial charge in [-0.3, -0.25) is 4.79 Å². The molecule has 9 heavy (non-hydrogen) atoms. The van der Waals surface area contributed by atoms with Gasteiger partial charge < -0.3 is 0 Å². The molecular weight excluding hydrogens is 142 g/mol. The van der Waals surface area contributed by atoms with Crippen molar-refractivity contribution in [1.29, 1.82) is 5.26 Å². The van der Waals surface area contributed by atoms with Gasteiger partial charge in [0.15, 0.2) is 9.84 Å². The Kier molecular flexibility index (Phi) is 2.34. The van der Waals surface area contributed by atoms with Crippen LogP contribution in [0, 0.1) is 11.3 Å². The quantitative estimate of drug-likeness (QED) is 0.475. The summed E-state index contributed by atoms with van der Waals surface area (Å²) in [7, 11) is -3.31. The Hall–Kier alpha value is -0.890. The maximum absolute atomic E-state index is 10.2. The minimum atomic E-state index is -3.31. The van der Waals surface area contributed by atoms with E-state index >= 15 is 0 Å². The second-order valence-electron chi connectivity index (χ2n) is 1.61. The zero-order chi connectivity index (χ0) is 7.49. The molecule has 0 saturated heterocycles. The minimum absolute atomic E-state index is 0.677. The van der Waals surface area contributed by atoms with Crippen LogP contribution in [0.4, 0.5) is 0 Å². The summed E-state index contributed by atoms with van der Waals surface area (Å²) < 4.78 is 20.5. The molecule has 0 amide bonds. The number of ketones is 1. The number of nitriles is 1. The van der Waals surface area contributed by atoms with Crippen molar-refractivity contribution in [1.82, 2.24) is 0 Å². The third-order valence-corrected chi connectivity index (χ3v) is 1.30. The summed E-state index contributed by atoms with van der Waals surface area (Å²) in [6, 6.07) is 1.20. The highest BCUT2D eigenvalue weighted by Gasteiger charge is 2.08. The lowest BCUT2D eigenvalue weighted by molar-refractivity contribution is -0.111. The molecular formula is C4H5NO3S. The van der Waals surface area contributed by atoms with E-state index in [2.05, 4.69) is 0 Å². The Morgan fingerprint density at radius 1 is 1.67 bits per heavy atom. The lowest BCUT2D eigenvalue weighted by atomic mass is 10.5. The van der Waals surface area contributed by atoms with Crippen LogP contribution in [0.25, 0.3) is 0 Å². The van der Waals surface area contributed by atoms with Gasteiger partial charge in [0.05, 0.1) is 0 Å². The first-order chi connectivity index (χ1) is 3.95. The fourth-order valence-electron chi connectivity index (χ4n) is 0.270. The van der Waals surface area contributed by atoms with Gasteiger partial charge in [0, 0.05) is 6.26 Å². The first kappa shape index (κ1) is 8.11. The van der Waals surface area contributed by atoms with Crippen LogP contribution < -0.4 is 0 Å². The SMILES string of the molecule is CS(=O)(=O)CC(=O)C#N. The van der Waals surface area contributed by atoms with Crippen molar-refractivity contribution in [2.45, 2.75) is 0 Å². The van der Waals surface area contributed by atoms with Gasteiger partial charge in [0.25, 0.3) is 0 Å². The molecule has 0 atom stereocenters. The summed E-state index contributed by atoms with van der Waals surface area (Å²) in [5, 5.41) is 7.83. The predicted molar refractivity (Wildman–Crippen MR) is 30.3 cm³/mol. The number of Topliss-reactive ketones (excluding diaryl/α,β-unsaturated/α-hetero) is 1. The van der Waals surface area contributed by atoms with E-state index in [1.165, 1.54) is 6.07 Å². The largest absolute Gasteiger partial charge is 0.281 e. The standard InChI is InChI=1S/C4H5NO3S/c1-9(7,8)3-4(6)2-5/h3H2,1H3. The Morgan fingerprint density at radius 2 is 2.11 bits per heavy atom. The summed E-state index contributed by atoms with van der Waals surface area (Å²) in [5.74, 6) is -1.60. The number of carbonyl (C=O) groups is 1. The topological polar surface area (TPSA) is 75.0 Å². The van der Waals surface area contributed by atoms with Crippen LogP contribution in [-0.4, -0.2) is 26.2 Å². The van der Waals surface area contributed by atoms with E-state index in [1.807, 2.05) is 0 Å². The van der Waals surface area contributed by atoms with Gasteiger partial charge in [-0.25, -0.2) is 8.42 Å². The molecule has 0 heterocycles. The molecule has 0 aromatic heterocycles. The summed E-state index contributed by atoms with van der Waals surface area (Å²) in [5.41, 5.74) is 0. The number of sulfone groups is 1. The molecule has 50 valence electrons. The molecule has 4 nitrogen and oxygen atoms in total. The molecule has 0 unspecified atom stereocenters. The molecule has 0 aliphatic rings. The molecule has 0 fully saturated rings. The molecule has 0 aromatic rings. The van der Waals surface area contributed by atoms with E-state index in [9.17, 15) is 13.2 Å². The number of rotatable bonds is 2. The van der Waals surface area contributed by atoms with Crippen LogP contribution in [0.2, 0.25) is 0 Å². The van der Waals surface area contributed by atoms with E-state index in [1.54, 1.807) is 0 Å². The summed E-state index contributed by atoms with van der Waals surface area (Å²) in [6.07, 6.45) is 0.905. The highest BCUT2D eigenvalue weighted by molar-refractivity contribution is 7.91. The summed E-state index contributed by atoms with van der Waals surface area (Å²) in [6.45, 7) is 0. The summed E-state index contributed by atoms with van der Waals surface area (Å²) in [4.78, 5) is 10.1. The predicted octanol–water partition coefficient (Wildman–Crippen LogP) is -0.876. The van der Waals surface area contributed by atoms with Gasteiger partial charge in [0.2, 0.25) is 5.78 Å². The van der Waals surface area contributed by atoms with E-state index < -0.39 is 21.4 Å². The molecule has 0 aromatic carbocycles. The molecule has 0 spiro atoms. The second-order valence-corrected chi connectivity index (χ2v) is 3.75. The first-order valence-corrected chi connectivity index (χ1v) is 4.12. The lowest BCUT2D eigenvalue weighted by Crippen LogP contribution is -2.11. The third-order valence-electron chi connectivity index (χ3n) is 0.518. The number of hydrogen-bond donors (Lipinski definition) is 0. The zero-order valence-electron chi connectivity index (χ0n) is 4.79. The van der Waals surface area contributed by atoms with Gasteiger partial charge in [-0.05, 0) is 0 Å². The average Bonchev–Trinajstić information content (AvgIpc) is 1.62. The molecule has 0 rings (SSSR count). The fourth-order valence-corrected chi connectivity index (χ4v) is 0.811. The van der Waals surface area contributed by atoms with Gasteiger partial charge in [-0.2, -0.15) is 5.26 Å². The van der Waals surface area contributed by atoms with E-state index in [0.717, 1.165) is 6.26 Å². The Bertz CT molecular complexity index is 245. The first-order valence-electron chi connectivity index (χ1n) is 2.06. The Balaban J connectivity index is 4.12. The highest BCUT2D eigenvalue weighted by Crippen LogP contribution is 1.81. The van der Waals surface area contributed by atoms with Crippen LogP contribution in [-0.2, 0) is 14.6 Å². The molecule has 5 heteroatoms. The monoisotopic (exact) mass is 147 g/mol. The van der Waals surface area contributed by atoms with Gasteiger partial charge in [0.1, 0.15) is 11.8 Å². The van der Waals surface area contributed by atoms with E-state index in [-0.39, 0.29) is 0 Å². The van der Waals surface area contributed by atoms with Crippen molar-refractivity contribution >= 4 is 15.6 Å². The maximum atomic E-state index is 10.2. The highest BCUT2D eigenvalue weighted by atomic mass is 32.2. The van der Waals surface area contributed by atoms with Crippen molar-refractivity contribution in [2.75, 3.05) is 12.0 Å². The maximum Gasteiger partial charge on any atom is 0.246 e. The van der Waals surface area contributed by atoms with Crippen molar-refractivity contribution in [2.24, 2.45) is 0 Å². The van der Waals surface area contributed by atoms with Crippen LogP contribution >= 0.6 is 0 Å². The third kappa shape index (κ3) is 4.97. The molecule has 0 bridgehead atoms. The van der Waals surface area contributed by atoms with Crippen LogP contribution in [0.15, 0.2) is 0 Å². The number of hydrogen-bond acceptors (Lipinski definition) is 4. The molecule has 0 aliphatic carbocycles. The molecule has 0 radical (unpaired) electrons. The lowest BCUT2D eigenvalue weighted by Gasteiger charge is -1.85. The van der Waals surface area contributed by atoms with Crippen molar-refractivity contribution in [3.63, 3.8) is 0 Å². The number of carbonyl (C=O) groups excluding carboxylic acids is 1. The summed E-state index contributed by atoms with van der Waals surface area (Å²) >= 11 is 0. The van der Waals surface area contributed by atoms with Gasteiger partial charge in [-0.1, -0.05) is 0 Å². The van der Waals surface area contributed by atoms with E-state index in [0.29, 0.717) is 0 Å². The van der Waals surface area contributed by atoms with Crippen molar-refractivity contribution in [3.8, 4) is 6.07 Å². The average molecular weight is 147 g/mol. The second kappa shape index (κ2) is 2.60. The zero-order valence-corrected chi connectivity index (χ0v) is 5.60. The van der Waals surface area contributed by atoms with Gasteiger partial charge >= 0.3 is 0 Å². The molecule has 0 N–H and O–H groups in total. The normalized spacial score (nSPS) is 10.2. The van der Waals surface area contributed by atoms with Crippen LogP contribution in [0.3, 0.4) is 0 Å². The van der Waals surface area contributed by atoms with E-state index in [4.69, 9.17) is 5.26 Å². The molecule has 0 saturated carbocycles. The molecule has 0 aliphatic heterocycles. The smallest absolute Gasteiger partial charge is 0.246 e. The Labute approximate surface area is 53.0 Å². The number of nitrogens with zero attached hydrogens (tertiary/aromatic N) is 1. The van der Waals surface area contributed by atoms with Crippen LogP contribution in [0.5, 0.6) is 0 Å². The van der Waals surface area contributed by atoms with Crippen LogP contribution in [0.1, 0.15) is 0 Å². The minimum Gasteiger partial charge on any atom is -0.281 e. The Morgan fingerprint density at radius 3 is 2.22 bits per heavy atom. The fraction of sp³-hybridized carbons (Fsp3) is 0.500. The van der Waals surface area contributed by atoms with Crippen molar-refractivity contribution in [3.05, 3.63) is 0 Å².